The Balaban J connectivity index is 1.53. The highest BCUT2D eigenvalue weighted by Gasteiger charge is 2.14. The number of thioether (sulfide) groups is 1. The molecule has 8 heteroatoms. The zero-order valence-corrected chi connectivity index (χ0v) is 14.8. The summed E-state index contributed by atoms with van der Waals surface area (Å²) in [5.74, 6) is 0.602. The fourth-order valence-corrected chi connectivity index (χ4v) is 2.77. The molecule has 1 heterocycles. The molecule has 3 aromatic rings. The van der Waals surface area contributed by atoms with Crippen molar-refractivity contribution in [1.29, 1.82) is 0 Å². The van der Waals surface area contributed by atoms with Gasteiger partial charge in [0.25, 0.3) is 11.1 Å². The standard InChI is InChI=1S/C18H16FN3O3S/c1-24-15-5-3-2-4-14(15)17-21-22-18(25-17)26-11-16(23)20-10-12-6-8-13(19)9-7-12/h2-9H,10-11H2,1H3,(H,20,23). The molecule has 3 rings (SSSR count). The van der Waals surface area contributed by atoms with Gasteiger partial charge in [-0.2, -0.15) is 0 Å². The molecule has 26 heavy (non-hydrogen) atoms. The lowest BCUT2D eigenvalue weighted by Gasteiger charge is -2.04. The van der Waals surface area contributed by atoms with Gasteiger partial charge in [-0.25, -0.2) is 4.39 Å². The molecular weight excluding hydrogens is 357 g/mol. The highest BCUT2D eigenvalue weighted by molar-refractivity contribution is 7.99. The summed E-state index contributed by atoms with van der Waals surface area (Å²) in [7, 11) is 1.57. The molecule has 0 aliphatic carbocycles. The van der Waals surface area contributed by atoms with E-state index in [4.69, 9.17) is 9.15 Å². The summed E-state index contributed by atoms with van der Waals surface area (Å²) in [6.07, 6.45) is 0. The van der Waals surface area contributed by atoms with E-state index in [-0.39, 0.29) is 17.5 Å². The van der Waals surface area contributed by atoms with Crippen molar-refractivity contribution in [3.63, 3.8) is 0 Å². The molecule has 0 radical (unpaired) electrons. The Labute approximate surface area is 153 Å². The molecule has 1 aromatic heterocycles. The van der Waals surface area contributed by atoms with Gasteiger partial charge in [-0.1, -0.05) is 36.0 Å². The van der Waals surface area contributed by atoms with Gasteiger partial charge in [0.1, 0.15) is 11.6 Å². The van der Waals surface area contributed by atoms with Gasteiger partial charge in [-0.15, -0.1) is 10.2 Å². The molecule has 0 saturated heterocycles. The van der Waals surface area contributed by atoms with E-state index in [1.165, 1.54) is 12.1 Å². The number of nitrogens with zero attached hydrogens (tertiary/aromatic N) is 2. The summed E-state index contributed by atoms with van der Waals surface area (Å²) in [5, 5.41) is 11.0. The molecule has 0 aliphatic heterocycles. The number of carbonyl (C=O) groups excluding carboxylic acids is 1. The Hall–Kier alpha value is -2.87. The zero-order valence-electron chi connectivity index (χ0n) is 13.9. The number of hydrogen-bond acceptors (Lipinski definition) is 6. The van der Waals surface area contributed by atoms with Gasteiger partial charge < -0.3 is 14.5 Å². The summed E-state index contributed by atoms with van der Waals surface area (Å²) in [5.41, 5.74) is 1.51. The van der Waals surface area contributed by atoms with Crippen LogP contribution in [0.3, 0.4) is 0 Å². The fraction of sp³-hybridized carbons (Fsp3) is 0.167. The fourth-order valence-electron chi connectivity index (χ4n) is 2.18. The quantitative estimate of drug-likeness (QED) is 0.641. The summed E-state index contributed by atoms with van der Waals surface area (Å²) in [6.45, 7) is 0.329. The van der Waals surface area contributed by atoms with Crippen LogP contribution in [0, 0.1) is 5.82 Å². The summed E-state index contributed by atoms with van der Waals surface area (Å²) >= 11 is 1.14. The number of hydrogen-bond donors (Lipinski definition) is 1. The van der Waals surface area contributed by atoms with E-state index in [2.05, 4.69) is 15.5 Å². The van der Waals surface area contributed by atoms with Crippen molar-refractivity contribution in [1.82, 2.24) is 15.5 Å². The number of para-hydroxylation sites is 1. The Morgan fingerprint density at radius 2 is 1.96 bits per heavy atom. The average Bonchev–Trinajstić information content (AvgIpc) is 3.14. The topological polar surface area (TPSA) is 77.2 Å². The predicted molar refractivity (Wildman–Crippen MR) is 95.3 cm³/mol. The van der Waals surface area contributed by atoms with Crippen LogP contribution in [0.15, 0.2) is 58.2 Å². The summed E-state index contributed by atoms with van der Waals surface area (Å²) in [6, 6.07) is 13.3. The van der Waals surface area contributed by atoms with Crippen LogP contribution in [-0.2, 0) is 11.3 Å². The predicted octanol–water partition coefficient (Wildman–Crippen LogP) is 3.29. The lowest BCUT2D eigenvalue weighted by molar-refractivity contribution is -0.118. The smallest absolute Gasteiger partial charge is 0.277 e. The molecule has 0 bridgehead atoms. The molecule has 1 amide bonds. The second kappa shape index (κ2) is 8.48. The number of carbonyl (C=O) groups is 1. The van der Waals surface area contributed by atoms with Crippen molar-refractivity contribution in [2.75, 3.05) is 12.9 Å². The summed E-state index contributed by atoms with van der Waals surface area (Å²) in [4.78, 5) is 11.9. The first-order valence-corrected chi connectivity index (χ1v) is 8.75. The molecule has 0 aliphatic rings. The maximum atomic E-state index is 12.8. The molecule has 0 atom stereocenters. The van der Waals surface area contributed by atoms with E-state index < -0.39 is 0 Å². The van der Waals surface area contributed by atoms with Gasteiger partial charge in [0.2, 0.25) is 5.91 Å². The molecule has 0 unspecified atom stereocenters. The number of nitrogens with one attached hydrogen (secondary N) is 1. The first kappa shape index (κ1) is 17.9. The van der Waals surface area contributed by atoms with E-state index in [0.29, 0.717) is 29.0 Å². The van der Waals surface area contributed by atoms with Gasteiger partial charge in [0.15, 0.2) is 0 Å². The van der Waals surface area contributed by atoms with Crippen molar-refractivity contribution in [3.8, 4) is 17.2 Å². The Morgan fingerprint density at radius 1 is 1.19 bits per heavy atom. The first-order chi connectivity index (χ1) is 12.7. The Morgan fingerprint density at radius 3 is 2.73 bits per heavy atom. The molecular formula is C18H16FN3O3S. The van der Waals surface area contributed by atoms with Crippen LogP contribution in [-0.4, -0.2) is 29.0 Å². The third kappa shape index (κ3) is 4.60. The van der Waals surface area contributed by atoms with Gasteiger partial charge in [-0.05, 0) is 29.8 Å². The van der Waals surface area contributed by atoms with Crippen LogP contribution < -0.4 is 10.1 Å². The highest BCUT2D eigenvalue weighted by atomic mass is 32.2. The van der Waals surface area contributed by atoms with Gasteiger partial charge >= 0.3 is 0 Å². The average molecular weight is 373 g/mol. The van der Waals surface area contributed by atoms with E-state index in [1.807, 2.05) is 18.2 Å². The minimum atomic E-state index is -0.308. The maximum Gasteiger partial charge on any atom is 0.277 e. The number of methoxy groups -OCH3 is 1. The first-order valence-electron chi connectivity index (χ1n) is 7.76. The molecule has 134 valence electrons. The summed E-state index contributed by atoms with van der Waals surface area (Å²) < 4.78 is 23.7. The Kier molecular flexibility index (Phi) is 5.85. The maximum absolute atomic E-state index is 12.8. The lowest BCUT2D eigenvalue weighted by atomic mass is 10.2. The molecule has 0 spiro atoms. The number of aromatic nitrogens is 2. The lowest BCUT2D eigenvalue weighted by Crippen LogP contribution is -2.24. The number of benzene rings is 2. The normalized spacial score (nSPS) is 10.5. The largest absolute Gasteiger partial charge is 0.496 e. The van der Waals surface area contributed by atoms with Gasteiger partial charge in [-0.3, -0.25) is 4.79 Å². The van der Waals surface area contributed by atoms with Crippen LogP contribution >= 0.6 is 11.8 Å². The highest BCUT2D eigenvalue weighted by Crippen LogP contribution is 2.30. The van der Waals surface area contributed by atoms with E-state index in [9.17, 15) is 9.18 Å². The molecule has 0 saturated carbocycles. The molecule has 1 N–H and O–H groups in total. The van der Waals surface area contributed by atoms with E-state index in [0.717, 1.165) is 17.3 Å². The minimum absolute atomic E-state index is 0.134. The van der Waals surface area contributed by atoms with Crippen LogP contribution in [0.25, 0.3) is 11.5 Å². The monoisotopic (exact) mass is 373 g/mol. The van der Waals surface area contributed by atoms with Crippen LogP contribution in [0.1, 0.15) is 5.56 Å². The van der Waals surface area contributed by atoms with E-state index >= 15 is 0 Å². The Bertz CT molecular complexity index is 883. The van der Waals surface area contributed by atoms with Gasteiger partial charge in [0.05, 0.1) is 18.4 Å². The minimum Gasteiger partial charge on any atom is -0.496 e. The number of halogens is 1. The SMILES string of the molecule is COc1ccccc1-c1nnc(SCC(=O)NCc2ccc(F)cc2)o1. The number of rotatable bonds is 7. The van der Waals surface area contributed by atoms with Gasteiger partial charge in [0, 0.05) is 6.54 Å². The van der Waals surface area contributed by atoms with Crippen molar-refractivity contribution >= 4 is 17.7 Å². The third-order valence-corrected chi connectivity index (χ3v) is 4.29. The second-order valence-electron chi connectivity index (χ2n) is 5.27. The van der Waals surface area contributed by atoms with Crippen molar-refractivity contribution in [3.05, 3.63) is 59.9 Å². The number of ether oxygens (including phenoxy) is 1. The van der Waals surface area contributed by atoms with Crippen molar-refractivity contribution in [2.24, 2.45) is 0 Å². The van der Waals surface area contributed by atoms with Crippen molar-refractivity contribution < 1.29 is 18.3 Å². The zero-order chi connectivity index (χ0) is 18.4. The third-order valence-electron chi connectivity index (χ3n) is 3.47. The molecule has 0 fully saturated rings. The van der Waals surface area contributed by atoms with E-state index in [1.54, 1.807) is 25.3 Å². The molecule has 6 nitrogen and oxygen atoms in total. The number of amides is 1. The second-order valence-corrected chi connectivity index (χ2v) is 6.19. The van der Waals surface area contributed by atoms with Crippen molar-refractivity contribution in [2.45, 2.75) is 11.8 Å². The van der Waals surface area contributed by atoms with Crippen LogP contribution in [0.4, 0.5) is 4.39 Å². The van der Waals surface area contributed by atoms with Crippen LogP contribution in [0.5, 0.6) is 5.75 Å². The molecule has 2 aromatic carbocycles. The van der Waals surface area contributed by atoms with Crippen LogP contribution in [0.2, 0.25) is 0 Å².